The lowest BCUT2D eigenvalue weighted by atomic mass is 10.2. The first-order valence-corrected chi connectivity index (χ1v) is 3.66. The van der Waals surface area contributed by atoms with E-state index in [4.69, 9.17) is 5.73 Å². The number of hydrogen-bond donors (Lipinski definition) is 2. The molecule has 0 aromatic heterocycles. The summed E-state index contributed by atoms with van der Waals surface area (Å²) in [6, 6.07) is 0. The van der Waals surface area contributed by atoms with E-state index in [1.807, 2.05) is 0 Å². The van der Waals surface area contributed by atoms with Gasteiger partial charge in [-0.2, -0.15) is 0 Å². The van der Waals surface area contributed by atoms with Crippen LogP contribution >= 0.6 is 0 Å². The predicted octanol–water partition coefficient (Wildman–Crippen LogP) is 0.00390. The minimum absolute atomic E-state index is 0.0317. The lowest BCUT2D eigenvalue weighted by Gasteiger charge is -2.07. The largest absolute Gasteiger partial charge is 0.356 e. The normalized spacial score (nSPS) is 20.2. The number of nitrogens with one attached hydrogen (secondary N) is 1. The first-order chi connectivity index (χ1) is 4.62. The summed E-state index contributed by atoms with van der Waals surface area (Å²) < 4.78 is 0. The zero-order chi connectivity index (χ0) is 7.61. The highest BCUT2D eigenvalue weighted by atomic mass is 16.1. The smallest absolute Gasteiger partial charge is 0.216 e. The van der Waals surface area contributed by atoms with Crippen LogP contribution in [0.3, 0.4) is 0 Å². The van der Waals surface area contributed by atoms with Crippen LogP contribution in [-0.4, -0.2) is 18.0 Å². The van der Waals surface area contributed by atoms with Crippen molar-refractivity contribution in [2.45, 2.75) is 31.7 Å². The number of rotatable bonds is 3. The Bertz CT molecular complexity index is 141. The summed E-state index contributed by atoms with van der Waals surface area (Å²) in [5.41, 5.74) is 5.85. The molecule has 1 aliphatic carbocycles. The molecule has 1 saturated carbocycles. The fourth-order valence-corrected chi connectivity index (χ4v) is 0.898. The third-order valence-electron chi connectivity index (χ3n) is 1.89. The Hall–Kier alpha value is -0.570. The molecule has 0 bridgehead atoms. The number of carbonyl (C=O) groups excluding carboxylic acids is 1. The Balaban J connectivity index is 2.00. The first-order valence-electron chi connectivity index (χ1n) is 3.66. The molecule has 0 unspecified atom stereocenters. The van der Waals surface area contributed by atoms with E-state index in [0.717, 1.165) is 25.8 Å². The van der Waals surface area contributed by atoms with Crippen molar-refractivity contribution >= 4 is 5.91 Å². The molecular weight excluding hydrogens is 128 g/mol. The molecule has 0 aliphatic heterocycles. The van der Waals surface area contributed by atoms with E-state index in [1.165, 1.54) is 6.92 Å². The Morgan fingerprint density at radius 1 is 1.70 bits per heavy atom. The second-order valence-electron chi connectivity index (χ2n) is 3.10. The molecule has 0 aromatic carbocycles. The van der Waals surface area contributed by atoms with Crippen LogP contribution in [0.15, 0.2) is 0 Å². The molecule has 10 heavy (non-hydrogen) atoms. The third kappa shape index (κ3) is 2.35. The fraction of sp³-hybridized carbons (Fsp3) is 0.857. The van der Waals surface area contributed by atoms with Crippen molar-refractivity contribution in [3.8, 4) is 0 Å². The molecule has 3 nitrogen and oxygen atoms in total. The van der Waals surface area contributed by atoms with Gasteiger partial charge in [0.15, 0.2) is 0 Å². The quantitative estimate of drug-likeness (QED) is 0.583. The molecule has 0 spiro atoms. The first kappa shape index (κ1) is 7.54. The minimum atomic E-state index is 0.0317. The molecule has 0 heterocycles. The molecule has 0 radical (unpaired) electrons. The van der Waals surface area contributed by atoms with E-state index < -0.39 is 0 Å². The molecule has 3 heteroatoms. The molecule has 1 rings (SSSR count). The van der Waals surface area contributed by atoms with Gasteiger partial charge in [0.05, 0.1) is 0 Å². The van der Waals surface area contributed by atoms with Gasteiger partial charge in [-0.25, -0.2) is 0 Å². The van der Waals surface area contributed by atoms with Crippen molar-refractivity contribution in [1.82, 2.24) is 5.32 Å². The number of amides is 1. The predicted molar refractivity (Wildman–Crippen MR) is 39.5 cm³/mol. The summed E-state index contributed by atoms with van der Waals surface area (Å²) in [6.45, 7) is 2.25. The molecule has 58 valence electrons. The molecule has 0 aromatic rings. The van der Waals surface area contributed by atoms with Gasteiger partial charge in [0, 0.05) is 19.0 Å². The van der Waals surface area contributed by atoms with Gasteiger partial charge in [-0.05, 0) is 19.3 Å². The molecule has 0 atom stereocenters. The summed E-state index contributed by atoms with van der Waals surface area (Å²) in [5, 5.41) is 2.72. The van der Waals surface area contributed by atoms with Crippen molar-refractivity contribution in [1.29, 1.82) is 0 Å². The van der Waals surface area contributed by atoms with Gasteiger partial charge < -0.3 is 11.1 Å². The second kappa shape index (κ2) is 2.58. The van der Waals surface area contributed by atoms with Gasteiger partial charge in [-0.15, -0.1) is 0 Å². The minimum Gasteiger partial charge on any atom is -0.356 e. The van der Waals surface area contributed by atoms with E-state index in [-0.39, 0.29) is 11.4 Å². The number of carbonyl (C=O) groups is 1. The highest BCUT2D eigenvalue weighted by molar-refractivity contribution is 5.72. The summed E-state index contributed by atoms with van der Waals surface area (Å²) in [7, 11) is 0. The maximum atomic E-state index is 10.4. The lowest BCUT2D eigenvalue weighted by Crippen LogP contribution is -2.30. The summed E-state index contributed by atoms with van der Waals surface area (Å²) in [4.78, 5) is 10.4. The van der Waals surface area contributed by atoms with Crippen LogP contribution in [0.5, 0.6) is 0 Å². The van der Waals surface area contributed by atoms with Crippen LogP contribution in [0, 0.1) is 0 Å². The van der Waals surface area contributed by atoms with Crippen LogP contribution in [0.2, 0.25) is 0 Å². The highest BCUT2D eigenvalue weighted by Gasteiger charge is 2.37. The summed E-state index contributed by atoms with van der Waals surface area (Å²) in [5.74, 6) is 0.0317. The fourth-order valence-electron chi connectivity index (χ4n) is 0.898. The van der Waals surface area contributed by atoms with Crippen LogP contribution in [0.4, 0.5) is 0 Å². The van der Waals surface area contributed by atoms with Gasteiger partial charge in [-0.1, -0.05) is 0 Å². The summed E-state index contributed by atoms with van der Waals surface area (Å²) in [6.07, 6.45) is 3.16. The topological polar surface area (TPSA) is 55.1 Å². The summed E-state index contributed by atoms with van der Waals surface area (Å²) >= 11 is 0. The van der Waals surface area contributed by atoms with E-state index in [1.54, 1.807) is 0 Å². The Kier molecular flexibility index (Phi) is 1.94. The second-order valence-corrected chi connectivity index (χ2v) is 3.10. The van der Waals surface area contributed by atoms with E-state index >= 15 is 0 Å². The highest BCUT2D eigenvalue weighted by Crippen LogP contribution is 2.34. The zero-order valence-electron chi connectivity index (χ0n) is 6.31. The van der Waals surface area contributed by atoms with Crippen LogP contribution in [0.25, 0.3) is 0 Å². The average Bonchev–Trinajstić information content (AvgIpc) is 2.47. The van der Waals surface area contributed by atoms with Crippen molar-refractivity contribution in [2.75, 3.05) is 6.54 Å². The van der Waals surface area contributed by atoms with Crippen molar-refractivity contribution in [2.24, 2.45) is 5.73 Å². The van der Waals surface area contributed by atoms with E-state index in [2.05, 4.69) is 5.32 Å². The van der Waals surface area contributed by atoms with Crippen molar-refractivity contribution in [3.63, 3.8) is 0 Å². The van der Waals surface area contributed by atoms with Gasteiger partial charge in [0.2, 0.25) is 5.91 Å². The number of hydrogen-bond acceptors (Lipinski definition) is 2. The molecule has 1 aliphatic rings. The maximum absolute atomic E-state index is 10.4. The van der Waals surface area contributed by atoms with Gasteiger partial charge in [-0.3, -0.25) is 4.79 Å². The van der Waals surface area contributed by atoms with Crippen molar-refractivity contribution in [3.05, 3.63) is 0 Å². The Labute approximate surface area is 61.0 Å². The van der Waals surface area contributed by atoms with Gasteiger partial charge in [0.1, 0.15) is 0 Å². The van der Waals surface area contributed by atoms with Crippen LogP contribution in [0.1, 0.15) is 26.2 Å². The SMILES string of the molecule is CC(=O)NCCC1(N)CC1. The van der Waals surface area contributed by atoms with Gasteiger partial charge >= 0.3 is 0 Å². The lowest BCUT2D eigenvalue weighted by molar-refractivity contribution is -0.118. The van der Waals surface area contributed by atoms with Crippen molar-refractivity contribution < 1.29 is 4.79 Å². The van der Waals surface area contributed by atoms with Gasteiger partial charge in [0.25, 0.3) is 0 Å². The standard InChI is InChI=1S/C7H14N2O/c1-6(10)9-5-4-7(8)2-3-7/h2-5,8H2,1H3,(H,9,10). The molecular formula is C7H14N2O. The van der Waals surface area contributed by atoms with Crippen LogP contribution in [-0.2, 0) is 4.79 Å². The van der Waals surface area contributed by atoms with E-state index in [9.17, 15) is 4.79 Å². The van der Waals surface area contributed by atoms with Crippen LogP contribution < -0.4 is 11.1 Å². The molecule has 1 amide bonds. The third-order valence-corrected chi connectivity index (χ3v) is 1.89. The maximum Gasteiger partial charge on any atom is 0.216 e. The molecule has 0 saturated heterocycles. The Morgan fingerprint density at radius 2 is 2.30 bits per heavy atom. The Morgan fingerprint density at radius 3 is 2.70 bits per heavy atom. The molecule has 3 N–H and O–H groups in total. The molecule has 1 fully saturated rings. The van der Waals surface area contributed by atoms with E-state index in [0.29, 0.717) is 0 Å². The number of nitrogens with two attached hydrogens (primary N) is 1. The average molecular weight is 142 g/mol. The zero-order valence-corrected chi connectivity index (χ0v) is 6.31. The monoisotopic (exact) mass is 142 g/mol.